The molecule has 0 radical (unpaired) electrons. The van der Waals surface area contributed by atoms with E-state index in [2.05, 4.69) is 21.3 Å². The molecule has 0 saturated heterocycles. The van der Waals surface area contributed by atoms with E-state index in [1.165, 1.54) is 0 Å². The first-order valence-electron chi connectivity index (χ1n) is 4.01. The van der Waals surface area contributed by atoms with Crippen molar-refractivity contribution in [3.63, 3.8) is 0 Å². The minimum absolute atomic E-state index is 0.0990. The lowest BCUT2D eigenvalue weighted by Gasteiger charge is -2.30. The molecule has 13 heavy (non-hydrogen) atoms. The van der Waals surface area contributed by atoms with Gasteiger partial charge in [0.2, 0.25) is 0 Å². The Kier molecular flexibility index (Phi) is 3.51. The Bertz CT molecular complexity index is 285. The van der Waals surface area contributed by atoms with Crippen molar-refractivity contribution in [1.82, 2.24) is 0 Å². The maximum atomic E-state index is 6.08. The summed E-state index contributed by atoms with van der Waals surface area (Å²) in [6, 6.07) is -0.0990. The molecule has 0 saturated carbocycles. The van der Waals surface area contributed by atoms with Crippen molar-refractivity contribution in [3.8, 4) is 0 Å². The third-order valence-corrected chi connectivity index (χ3v) is 4.00. The number of hydrogen-bond donors (Lipinski definition) is 1. The summed E-state index contributed by atoms with van der Waals surface area (Å²) < 4.78 is 6.40. The van der Waals surface area contributed by atoms with Gasteiger partial charge in [0.1, 0.15) is 0 Å². The van der Waals surface area contributed by atoms with Crippen LogP contribution in [0.15, 0.2) is 15.2 Å². The molecule has 1 atom stereocenters. The van der Waals surface area contributed by atoms with Crippen LogP contribution in [0.3, 0.4) is 0 Å². The summed E-state index contributed by atoms with van der Waals surface area (Å²) in [7, 11) is 1.68. The maximum Gasteiger partial charge on any atom is 0.0815 e. The first-order chi connectivity index (χ1) is 5.99. The van der Waals surface area contributed by atoms with Gasteiger partial charge in [0.05, 0.1) is 11.6 Å². The van der Waals surface area contributed by atoms with Crippen molar-refractivity contribution >= 4 is 27.3 Å². The highest BCUT2D eigenvalue weighted by Crippen LogP contribution is 2.33. The van der Waals surface area contributed by atoms with Crippen molar-refractivity contribution in [2.24, 2.45) is 5.73 Å². The summed E-state index contributed by atoms with van der Waals surface area (Å²) in [4.78, 5) is 0. The van der Waals surface area contributed by atoms with Crippen LogP contribution in [0.2, 0.25) is 0 Å². The largest absolute Gasteiger partial charge is 0.377 e. The van der Waals surface area contributed by atoms with E-state index in [1.807, 2.05) is 19.2 Å². The van der Waals surface area contributed by atoms with E-state index in [0.29, 0.717) is 0 Å². The van der Waals surface area contributed by atoms with Crippen molar-refractivity contribution in [3.05, 3.63) is 20.8 Å². The van der Waals surface area contributed by atoms with Gasteiger partial charge in [0, 0.05) is 17.0 Å². The van der Waals surface area contributed by atoms with E-state index >= 15 is 0 Å². The quantitative estimate of drug-likeness (QED) is 0.911. The van der Waals surface area contributed by atoms with Gasteiger partial charge < -0.3 is 10.5 Å². The van der Waals surface area contributed by atoms with Crippen molar-refractivity contribution in [2.75, 3.05) is 7.11 Å². The van der Waals surface area contributed by atoms with Crippen LogP contribution in [-0.2, 0) is 4.74 Å². The van der Waals surface area contributed by atoms with Crippen LogP contribution in [0.5, 0.6) is 0 Å². The summed E-state index contributed by atoms with van der Waals surface area (Å²) in [5.41, 5.74) is 6.86. The van der Waals surface area contributed by atoms with Gasteiger partial charge in [0.15, 0.2) is 0 Å². The molecule has 0 bridgehead atoms. The van der Waals surface area contributed by atoms with E-state index in [0.717, 1.165) is 10.0 Å². The number of nitrogens with two attached hydrogens (primary N) is 1. The van der Waals surface area contributed by atoms with E-state index < -0.39 is 0 Å². The van der Waals surface area contributed by atoms with Crippen molar-refractivity contribution in [1.29, 1.82) is 0 Å². The summed E-state index contributed by atoms with van der Waals surface area (Å²) in [6.07, 6.45) is 0. The SMILES string of the molecule is COC(C)(C)C(N)c1cscc1Br. The first-order valence-corrected chi connectivity index (χ1v) is 5.75. The normalized spacial score (nSPS) is 14.5. The Balaban J connectivity index is 2.91. The molecule has 0 fully saturated rings. The molecule has 0 aliphatic heterocycles. The highest BCUT2D eigenvalue weighted by atomic mass is 79.9. The number of hydrogen-bond acceptors (Lipinski definition) is 3. The van der Waals surface area contributed by atoms with E-state index in [1.54, 1.807) is 18.4 Å². The summed E-state index contributed by atoms with van der Waals surface area (Å²) in [5, 5.41) is 4.08. The van der Waals surface area contributed by atoms with E-state index in [4.69, 9.17) is 10.5 Å². The smallest absolute Gasteiger partial charge is 0.0815 e. The molecule has 0 spiro atoms. The number of methoxy groups -OCH3 is 1. The highest BCUT2D eigenvalue weighted by Gasteiger charge is 2.28. The molecular formula is C9H14BrNOS. The number of thiophene rings is 1. The van der Waals surface area contributed by atoms with E-state index in [9.17, 15) is 0 Å². The molecule has 0 aromatic carbocycles. The van der Waals surface area contributed by atoms with Gasteiger partial charge in [-0.25, -0.2) is 0 Å². The minimum atomic E-state index is -0.330. The minimum Gasteiger partial charge on any atom is -0.377 e. The zero-order chi connectivity index (χ0) is 10.1. The second kappa shape index (κ2) is 4.09. The van der Waals surface area contributed by atoms with Gasteiger partial charge in [-0.1, -0.05) is 0 Å². The number of rotatable bonds is 3. The van der Waals surface area contributed by atoms with Crippen LogP contribution in [0.1, 0.15) is 25.5 Å². The van der Waals surface area contributed by atoms with Crippen LogP contribution >= 0.6 is 27.3 Å². The lowest BCUT2D eigenvalue weighted by atomic mass is 9.94. The third-order valence-electron chi connectivity index (χ3n) is 2.25. The number of ether oxygens (including phenoxy) is 1. The Morgan fingerprint density at radius 3 is 2.54 bits per heavy atom. The summed E-state index contributed by atoms with van der Waals surface area (Å²) >= 11 is 5.10. The van der Waals surface area contributed by atoms with E-state index in [-0.39, 0.29) is 11.6 Å². The van der Waals surface area contributed by atoms with Crippen LogP contribution in [0.25, 0.3) is 0 Å². The fraction of sp³-hybridized carbons (Fsp3) is 0.556. The Hall–Kier alpha value is 0.100. The Labute approximate surface area is 91.2 Å². The molecular weight excluding hydrogens is 250 g/mol. The molecule has 4 heteroatoms. The molecule has 1 aromatic heterocycles. The molecule has 2 N–H and O–H groups in total. The van der Waals surface area contributed by atoms with Gasteiger partial charge in [-0.3, -0.25) is 0 Å². The van der Waals surface area contributed by atoms with Crippen LogP contribution in [0.4, 0.5) is 0 Å². The van der Waals surface area contributed by atoms with Crippen molar-refractivity contribution < 1.29 is 4.74 Å². The standard InChI is InChI=1S/C9H14BrNOS/c1-9(2,12-3)8(11)6-4-13-5-7(6)10/h4-5,8H,11H2,1-3H3. The molecule has 1 unspecified atom stereocenters. The Morgan fingerprint density at radius 1 is 1.54 bits per heavy atom. The van der Waals surface area contributed by atoms with Gasteiger partial charge >= 0.3 is 0 Å². The molecule has 0 aliphatic rings. The topological polar surface area (TPSA) is 35.2 Å². The fourth-order valence-electron chi connectivity index (χ4n) is 1.01. The monoisotopic (exact) mass is 263 g/mol. The van der Waals surface area contributed by atoms with Crippen LogP contribution in [-0.4, -0.2) is 12.7 Å². The lowest BCUT2D eigenvalue weighted by molar-refractivity contribution is -0.0000935. The Morgan fingerprint density at radius 2 is 2.15 bits per heavy atom. The highest BCUT2D eigenvalue weighted by molar-refractivity contribution is 9.10. The van der Waals surface area contributed by atoms with Gasteiger partial charge in [-0.2, -0.15) is 11.3 Å². The molecule has 1 aromatic rings. The molecule has 1 rings (SSSR count). The van der Waals surface area contributed by atoms with Gasteiger partial charge in [-0.15, -0.1) is 0 Å². The average molecular weight is 264 g/mol. The zero-order valence-corrected chi connectivity index (χ0v) is 10.4. The first kappa shape index (κ1) is 11.2. The van der Waals surface area contributed by atoms with Gasteiger partial charge in [-0.05, 0) is 40.7 Å². The molecule has 2 nitrogen and oxygen atoms in total. The second-order valence-corrected chi connectivity index (χ2v) is 5.06. The third kappa shape index (κ3) is 2.31. The second-order valence-electron chi connectivity index (χ2n) is 3.46. The van der Waals surface area contributed by atoms with Crippen LogP contribution in [0, 0.1) is 0 Å². The fourth-order valence-corrected chi connectivity index (χ4v) is 2.59. The molecule has 1 heterocycles. The van der Waals surface area contributed by atoms with Crippen LogP contribution < -0.4 is 5.73 Å². The molecule has 0 aliphatic carbocycles. The summed E-state index contributed by atoms with van der Waals surface area (Å²) in [6.45, 7) is 3.98. The zero-order valence-electron chi connectivity index (χ0n) is 8.00. The molecule has 74 valence electrons. The lowest BCUT2D eigenvalue weighted by Crippen LogP contribution is -2.37. The van der Waals surface area contributed by atoms with Gasteiger partial charge in [0.25, 0.3) is 0 Å². The predicted molar refractivity (Wildman–Crippen MR) is 60.0 cm³/mol. The average Bonchev–Trinajstić information content (AvgIpc) is 2.50. The predicted octanol–water partition coefficient (Wildman–Crippen LogP) is 2.94. The van der Waals surface area contributed by atoms with Crippen molar-refractivity contribution in [2.45, 2.75) is 25.5 Å². The summed E-state index contributed by atoms with van der Waals surface area (Å²) in [5.74, 6) is 0. The number of halogens is 1. The molecule has 0 amide bonds. The maximum absolute atomic E-state index is 6.08.